The van der Waals surface area contributed by atoms with Crippen molar-refractivity contribution in [2.75, 3.05) is 5.32 Å². The monoisotopic (exact) mass is 388 g/mol. The highest BCUT2D eigenvalue weighted by atomic mass is 16.2. The number of nitrogens with zero attached hydrogens (tertiary/aromatic N) is 1. The second kappa shape index (κ2) is 8.91. The molecule has 1 heterocycles. The van der Waals surface area contributed by atoms with Crippen LogP contribution in [0, 0.1) is 27.7 Å². The van der Waals surface area contributed by atoms with Gasteiger partial charge in [-0.25, -0.2) is 0 Å². The molecule has 29 heavy (non-hydrogen) atoms. The fourth-order valence-corrected chi connectivity index (χ4v) is 3.81. The molecule has 0 saturated heterocycles. The maximum absolute atomic E-state index is 13.0. The Hall–Kier alpha value is -3.14. The number of carbonyl (C=O) groups is 1. The number of nitrogens with one attached hydrogen (secondary N) is 1. The Morgan fingerprint density at radius 2 is 1.59 bits per heavy atom. The summed E-state index contributed by atoms with van der Waals surface area (Å²) < 4.78 is 2.07. The average Bonchev–Trinajstić information content (AvgIpc) is 2.68. The second-order valence-electron chi connectivity index (χ2n) is 7.57. The van der Waals surface area contributed by atoms with Crippen molar-refractivity contribution in [3.8, 4) is 0 Å². The van der Waals surface area contributed by atoms with Crippen molar-refractivity contribution in [2.24, 2.45) is 0 Å². The van der Waals surface area contributed by atoms with Crippen molar-refractivity contribution >= 4 is 11.6 Å². The zero-order valence-corrected chi connectivity index (χ0v) is 17.6. The van der Waals surface area contributed by atoms with Gasteiger partial charge in [0.25, 0.3) is 5.91 Å². The lowest BCUT2D eigenvalue weighted by Gasteiger charge is -2.18. The van der Waals surface area contributed by atoms with E-state index in [2.05, 4.69) is 22.0 Å². The van der Waals surface area contributed by atoms with E-state index in [0.717, 1.165) is 41.9 Å². The summed E-state index contributed by atoms with van der Waals surface area (Å²) in [5.74, 6) is -0.346. The van der Waals surface area contributed by atoms with E-state index in [1.165, 1.54) is 5.56 Å². The van der Waals surface area contributed by atoms with Gasteiger partial charge in [-0.1, -0.05) is 48.5 Å². The fourth-order valence-electron chi connectivity index (χ4n) is 3.81. The Morgan fingerprint density at radius 3 is 2.24 bits per heavy atom. The number of para-hydroxylation sites is 1. The highest BCUT2D eigenvalue weighted by molar-refractivity contribution is 6.05. The Morgan fingerprint density at radius 1 is 0.931 bits per heavy atom. The molecule has 0 bridgehead atoms. The molecule has 0 aliphatic rings. The highest BCUT2D eigenvalue weighted by Crippen LogP contribution is 2.21. The fraction of sp³-hybridized carbons (Fsp3) is 0.280. The lowest BCUT2D eigenvalue weighted by atomic mass is 10.1. The third-order valence-electron chi connectivity index (χ3n) is 5.42. The number of aromatic nitrogens is 1. The summed E-state index contributed by atoms with van der Waals surface area (Å²) in [6.45, 7) is 8.44. The van der Waals surface area contributed by atoms with Crippen molar-refractivity contribution in [1.29, 1.82) is 0 Å². The van der Waals surface area contributed by atoms with Gasteiger partial charge >= 0.3 is 0 Å². The van der Waals surface area contributed by atoms with Crippen LogP contribution in [-0.2, 0) is 13.0 Å². The quantitative estimate of drug-likeness (QED) is 0.648. The summed E-state index contributed by atoms with van der Waals surface area (Å²) >= 11 is 0. The molecule has 1 amide bonds. The number of hydrogen-bond donors (Lipinski definition) is 1. The van der Waals surface area contributed by atoms with Gasteiger partial charge in [-0.2, -0.15) is 0 Å². The van der Waals surface area contributed by atoms with E-state index < -0.39 is 0 Å². The van der Waals surface area contributed by atoms with Crippen LogP contribution in [0.1, 0.15) is 44.9 Å². The SMILES string of the molecule is Cc1cccc(C)c1NC(=O)c1c(C)n(CCCc2ccccc2)c(C)cc1=O. The van der Waals surface area contributed by atoms with E-state index in [1.54, 1.807) is 6.07 Å². The zero-order chi connectivity index (χ0) is 21.0. The largest absolute Gasteiger partial charge is 0.348 e. The van der Waals surface area contributed by atoms with Crippen LogP contribution in [0.15, 0.2) is 59.4 Å². The third kappa shape index (κ3) is 4.65. The van der Waals surface area contributed by atoms with Gasteiger partial charge in [0.05, 0.1) is 0 Å². The van der Waals surface area contributed by atoms with E-state index in [-0.39, 0.29) is 16.9 Å². The molecule has 0 atom stereocenters. The molecule has 3 aromatic rings. The molecule has 0 aliphatic heterocycles. The molecule has 0 fully saturated rings. The molecule has 0 unspecified atom stereocenters. The molecule has 1 N–H and O–H groups in total. The molecule has 0 radical (unpaired) electrons. The Balaban J connectivity index is 1.84. The lowest BCUT2D eigenvalue weighted by Crippen LogP contribution is -2.27. The maximum Gasteiger partial charge on any atom is 0.261 e. The lowest BCUT2D eigenvalue weighted by molar-refractivity contribution is 0.102. The first-order valence-electron chi connectivity index (χ1n) is 10.0. The summed E-state index contributed by atoms with van der Waals surface area (Å²) in [7, 11) is 0. The number of pyridine rings is 1. The number of benzene rings is 2. The standard InChI is InChI=1S/C25H28N2O2/c1-17-10-8-11-18(2)24(17)26-25(29)23-20(4)27(19(3)16-22(23)28)15-9-14-21-12-6-5-7-13-21/h5-8,10-13,16H,9,14-15H2,1-4H3,(H,26,29). The zero-order valence-electron chi connectivity index (χ0n) is 17.6. The number of rotatable bonds is 6. The number of aryl methyl sites for hydroxylation is 4. The first-order valence-corrected chi connectivity index (χ1v) is 10.0. The van der Waals surface area contributed by atoms with Crippen LogP contribution in [0.4, 0.5) is 5.69 Å². The van der Waals surface area contributed by atoms with E-state index in [0.29, 0.717) is 5.69 Å². The summed E-state index contributed by atoms with van der Waals surface area (Å²) in [5, 5.41) is 2.95. The Labute approximate surface area is 172 Å². The first-order chi connectivity index (χ1) is 13.9. The summed E-state index contributed by atoms with van der Waals surface area (Å²) in [6.07, 6.45) is 1.89. The van der Waals surface area contributed by atoms with E-state index in [9.17, 15) is 9.59 Å². The van der Waals surface area contributed by atoms with Crippen LogP contribution in [0.25, 0.3) is 0 Å². The second-order valence-corrected chi connectivity index (χ2v) is 7.57. The number of anilines is 1. The Kier molecular flexibility index (Phi) is 6.32. The predicted octanol–water partition coefficient (Wildman–Crippen LogP) is 4.97. The molecular formula is C25H28N2O2. The minimum absolute atomic E-state index is 0.220. The third-order valence-corrected chi connectivity index (χ3v) is 5.42. The average molecular weight is 389 g/mol. The van der Waals surface area contributed by atoms with Crippen molar-refractivity contribution in [1.82, 2.24) is 4.57 Å². The van der Waals surface area contributed by atoms with Crippen molar-refractivity contribution in [3.63, 3.8) is 0 Å². The van der Waals surface area contributed by atoms with Gasteiger partial charge in [-0.3, -0.25) is 9.59 Å². The molecule has 4 nitrogen and oxygen atoms in total. The van der Waals surface area contributed by atoms with Gasteiger partial charge < -0.3 is 9.88 Å². The molecule has 2 aromatic carbocycles. The van der Waals surface area contributed by atoms with E-state index in [4.69, 9.17) is 0 Å². The van der Waals surface area contributed by atoms with E-state index in [1.807, 2.05) is 64.1 Å². The number of hydrogen-bond acceptors (Lipinski definition) is 2. The molecule has 4 heteroatoms. The smallest absolute Gasteiger partial charge is 0.261 e. The van der Waals surface area contributed by atoms with Gasteiger partial charge in [0, 0.05) is 29.7 Å². The summed E-state index contributed by atoms with van der Waals surface area (Å²) in [4.78, 5) is 25.6. The van der Waals surface area contributed by atoms with Gasteiger partial charge in [0.2, 0.25) is 0 Å². The predicted molar refractivity (Wildman–Crippen MR) is 119 cm³/mol. The van der Waals surface area contributed by atoms with Gasteiger partial charge in [-0.05, 0) is 57.2 Å². The molecule has 0 aliphatic carbocycles. The van der Waals surface area contributed by atoms with Gasteiger partial charge in [0.15, 0.2) is 5.43 Å². The highest BCUT2D eigenvalue weighted by Gasteiger charge is 2.18. The molecule has 0 saturated carbocycles. The van der Waals surface area contributed by atoms with Gasteiger partial charge in [-0.15, -0.1) is 0 Å². The summed E-state index contributed by atoms with van der Waals surface area (Å²) in [6, 6.07) is 17.8. The molecule has 150 valence electrons. The molecule has 0 spiro atoms. The maximum atomic E-state index is 13.0. The topological polar surface area (TPSA) is 51.1 Å². The summed E-state index contributed by atoms with van der Waals surface area (Å²) in [5.41, 5.74) is 5.60. The first kappa shape index (κ1) is 20.6. The Bertz CT molecular complexity index is 1060. The van der Waals surface area contributed by atoms with Crippen LogP contribution in [0.2, 0.25) is 0 Å². The van der Waals surface area contributed by atoms with Crippen LogP contribution < -0.4 is 10.7 Å². The minimum Gasteiger partial charge on any atom is -0.348 e. The van der Waals surface area contributed by atoms with Crippen LogP contribution in [-0.4, -0.2) is 10.5 Å². The van der Waals surface area contributed by atoms with Crippen molar-refractivity contribution in [3.05, 3.63) is 98.5 Å². The molecule has 3 rings (SSSR count). The number of carbonyl (C=O) groups excluding carboxylic acids is 1. The normalized spacial score (nSPS) is 10.8. The molecular weight excluding hydrogens is 360 g/mol. The van der Waals surface area contributed by atoms with Gasteiger partial charge in [0.1, 0.15) is 5.56 Å². The minimum atomic E-state index is -0.346. The number of amides is 1. The van der Waals surface area contributed by atoms with Crippen LogP contribution in [0.5, 0.6) is 0 Å². The molecule has 1 aromatic heterocycles. The van der Waals surface area contributed by atoms with Crippen LogP contribution in [0.3, 0.4) is 0 Å². The van der Waals surface area contributed by atoms with Crippen molar-refractivity contribution < 1.29 is 4.79 Å². The van der Waals surface area contributed by atoms with Crippen molar-refractivity contribution in [2.45, 2.75) is 47.1 Å². The van der Waals surface area contributed by atoms with E-state index >= 15 is 0 Å². The van der Waals surface area contributed by atoms with Crippen LogP contribution >= 0.6 is 0 Å².